The Hall–Kier alpha value is -3.49. The van der Waals surface area contributed by atoms with Gasteiger partial charge in [0.25, 0.3) is 6.10 Å². The van der Waals surface area contributed by atoms with E-state index in [1.54, 1.807) is 0 Å². The Morgan fingerprint density at radius 1 is 1.25 bits per heavy atom. The molecule has 0 amide bonds. The van der Waals surface area contributed by atoms with E-state index in [2.05, 4.69) is 24.5 Å². The molecule has 168 valence electrons. The first-order valence-corrected chi connectivity index (χ1v) is 9.00. The smallest absolute Gasteiger partial charge is 0.431 e. The van der Waals surface area contributed by atoms with E-state index < -0.39 is 53.4 Å². The zero-order valence-corrected chi connectivity index (χ0v) is 16.5. The van der Waals surface area contributed by atoms with Gasteiger partial charge in [0.15, 0.2) is 17.2 Å². The first kappa shape index (κ1) is 23.2. The van der Waals surface area contributed by atoms with Crippen LogP contribution in [-0.2, 0) is 16.7 Å². The lowest BCUT2D eigenvalue weighted by molar-refractivity contribution is -0.287. The highest BCUT2D eigenvalue weighted by atomic mass is 19.4. The minimum Gasteiger partial charge on any atom is -0.462 e. The van der Waals surface area contributed by atoms with E-state index in [9.17, 15) is 31.1 Å². The number of hydrogen-bond donors (Lipinski definition) is 0. The first-order chi connectivity index (χ1) is 14.8. The van der Waals surface area contributed by atoms with Gasteiger partial charge < -0.3 is 4.74 Å². The second-order valence-electron chi connectivity index (χ2n) is 7.11. The number of alkyl halides is 5. The Morgan fingerprint density at radius 3 is 2.50 bits per heavy atom. The maximum atomic E-state index is 14.9. The molecule has 2 atom stereocenters. The third-order valence-corrected chi connectivity index (χ3v) is 4.81. The van der Waals surface area contributed by atoms with Gasteiger partial charge >= 0.3 is 12.1 Å². The van der Waals surface area contributed by atoms with Gasteiger partial charge in [0, 0.05) is 18.8 Å². The van der Waals surface area contributed by atoms with E-state index in [1.807, 2.05) is 0 Å². The fourth-order valence-electron chi connectivity index (χ4n) is 3.19. The number of Topliss-reactive ketones (excluding diaryl/α,β-unsaturated/α-hetero) is 1. The van der Waals surface area contributed by atoms with Gasteiger partial charge in [-0.2, -0.15) is 22.0 Å². The molecule has 1 aliphatic heterocycles. The summed E-state index contributed by atoms with van der Waals surface area (Å²) in [5, 5.41) is 0. The predicted molar refractivity (Wildman–Crippen MR) is 99.1 cm³/mol. The molecule has 0 N–H and O–H groups in total. The van der Waals surface area contributed by atoms with Crippen LogP contribution in [0, 0.1) is 12.4 Å². The lowest BCUT2D eigenvalue weighted by atomic mass is 9.84. The Kier molecular flexibility index (Phi) is 5.71. The van der Waals surface area contributed by atoms with Crippen molar-refractivity contribution in [3.05, 3.63) is 64.8 Å². The van der Waals surface area contributed by atoms with Crippen molar-refractivity contribution in [1.29, 1.82) is 0 Å². The molecule has 0 spiro atoms. The van der Waals surface area contributed by atoms with Gasteiger partial charge in [0.2, 0.25) is 5.69 Å². The number of pyridine rings is 2. The van der Waals surface area contributed by atoms with Crippen LogP contribution in [0.4, 0.5) is 32.0 Å². The highest BCUT2D eigenvalue weighted by Gasteiger charge is 2.70. The summed E-state index contributed by atoms with van der Waals surface area (Å²) in [6.07, 6.45) is -8.37. The number of hydrogen-bond acceptors (Lipinski definition) is 5. The van der Waals surface area contributed by atoms with Crippen LogP contribution in [0.5, 0.6) is 0 Å². The number of aromatic nitrogens is 2. The van der Waals surface area contributed by atoms with Gasteiger partial charge in [-0.25, -0.2) is 14.2 Å². The van der Waals surface area contributed by atoms with Crippen molar-refractivity contribution in [1.82, 2.24) is 9.97 Å². The zero-order valence-electron chi connectivity index (χ0n) is 16.5. The minimum absolute atomic E-state index is 0.0568. The quantitative estimate of drug-likeness (QED) is 0.376. The summed E-state index contributed by atoms with van der Waals surface area (Å²) >= 11 is 0. The van der Waals surface area contributed by atoms with Crippen molar-refractivity contribution in [2.75, 3.05) is 0 Å². The molecule has 0 saturated carbocycles. The van der Waals surface area contributed by atoms with Crippen molar-refractivity contribution in [2.45, 2.75) is 44.0 Å². The number of halogens is 6. The van der Waals surface area contributed by atoms with Crippen LogP contribution in [0.25, 0.3) is 4.85 Å². The van der Waals surface area contributed by atoms with Crippen LogP contribution >= 0.6 is 0 Å². The second-order valence-corrected chi connectivity index (χ2v) is 7.11. The number of ether oxygens (including phenoxy) is 1. The van der Waals surface area contributed by atoms with E-state index in [-0.39, 0.29) is 17.1 Å². The molecule has 0 aliphatic carbocycles. The largest absolute Gasteiger partial charge is 0.462 e. The van der Waals surface area contributed by atoms with E-state index in [0.717, 1.165) is 25.3 Å². The molecule has 2 aromatic rings. The molecule has 0 unspecified atom stereocenters. The van der Waals surface area contributed by atoms with E-state index >= 15 is 0 Å². The van der Waals surface area contributed by atoms with Crippen molar-refractivity contribution < 1.29 is 35.9 Å². The number of ketones is 1. The van der Waals surface area contributed by atoms with Gasteiger partial charge in [0.1, 0.15) is 17.2 Å². The third-order valence-electron chi connectivity index (χ3n) is 4.81. The molecule has 1 aliphatic rings. The molecule has 12 heteroatoms. The Balaban J connectivity index is 2.01. The fourth-order valence-corrected chi connectivity index (χ4v) is 3.19. The molecule has 3 rings (SSSR count). The SMILES string of the molecule is [C-]#[N+]c1ccc(C(=O)Cc2ccc(F)c([C@@]3(C)N=C(C)O[C@@H](C(F)(F)F)C3(F)F)n2)nc1. The summed E-state index contributed by atoms with van der Waals surface area (Å²) in [4.78, 5) is 26.6. The second kappa shape index (κ2) is 7.89. The van der Waals surface area contributed by atoms with E-state index in [1.165, 1.54) is 12.1 Å². The maximum Gasteiger partial charge on any atom is 0.431 e. The molecule has 3 heterocycles. The molecule has 0 radical (unpaired) electrons. The van der Waals surface area contributed by atoms with Gasteiger partial charge in [-0.15, -0.1) is 0 Å². The van der Waals surface area contributed by atoms with Crippen LogP contribution < -0.4 is 0 Å². The van der Waals surface area contributed by atoms with Crippen LogP contribution in [-0.4, -0.2) is 39.9 Å². The molecule has 32 heavy (non-hydrogen) atoms. The molecule has 0 bridgehead atoms. The molecule has 6 nitrogen and oxygen atoms in total. The van der Waals surface area contributed by atoms with Gasteiger partial charge in [-0.3, -0.25) is 14.8 Å². The minimum atomic E-state index is -5.46. The summed E-state index contributed by atoms with van der Waals surface area (Å²) in [7, 11) is 0. The third kappa shape index (κ3) is 4.02. The van der Waals surface area contributed by atoms with Gasteiger partial charge in [-0.1, -0.05) is 6.07 Å². The summed E-state index contributed by atoms with van der Waals surface area (Å²) < 4.78 is 88.3. The lowest BCUT2D eigenvalue weighted by Gasteiger charge is -2.42. The van der Waals surface area contributed by atoms with Crippen LogP contribution in [0.1, 0.15) is 35.7 Å². The zero-order chi connectivity index (χ0) is 23.9. The summed E-state index contributed by atoms with van der Waals surface area (Å²) in [5.74, 6) is -7.36. The number of carbonyl (C=O) groups excluding carboxylic acids is 1. The van der Waals surface area contributed by atoms with E-state index in [4.69, 9.17) is 6.57 Å². The molecule has 0 aromatic carbocycles. The summed E-state index contributed by atoms with van der Waals surface area (Å²) in [5.41, 5.74) is -4.15. The number of nitrogens with zero attached hydrogens (tertiary/aromatic N) is 4. The summed E-state index contributed by atoms with van der Waals surface area (Å²) in [6.45, 7) is 8.43. The molecular formula is C20H14F6N4O2. The number of carbonyl (C=O) groups is 1. The van der Waals surface area contributed by atoms with Gasteiger partial charge in [-0.05, 0) is 25.1 Å². The van der Waals surface area contributed by atoms with Crippen molar-refractivity contribution in [3.8, 4) is 0 Å². The first-order valence-electron chi connectivity index (χ1n) is 9.00. The number of aliphatic imine (C=N–C) groups is 1. The normalized spacial score (nSPS) is 22.5. The highest BCUT2D eigenvalue weighted by molar-refractivity contribution is 5.95. The van der Waals surface area contributed by atoms with Crippen molar-refractivity contribution in [2.24, 2.45) is 4.99 Å². The average Bonchev–Trinajstić information content (AvgIpc) is 2.71. The van der Waals surface area contributed by atoms with Crippen LogP contribution in [0.3, 0.4) is 0 Å². The van der Waals surface area contributed by atoms with Crippen molar-refractivity contribution >= 4 is 17.4 Å². The van der Waals surface area contributed by atoms with Crippen LogP contribution in [0.15, 0.2) is 35.5 Å². The molecule has 2 aromatic heterocycles. The Bertz CT molecular complexity index is 1120. The lowest BCUT2D eigenvalue weighted by Crippen LogP contribution is -2.61. The molecule has 0 fully saturated rings. The Labute approximate surface area is 177 Å². The number of rotatable bonds is 4. The van der Waals surface area contributed by atoms with Crippen molar-refractivity contribution in [3.63, 3.8) is 0 Å². The molecule has 0 saturated heterocycles. The van der Waals surface area contributed by atoms with Gasteiger partial charge in [0.05, 0.1) is 13.0 Å². The standard InChI is InChI=1S/C20H14F6N4O2/c1-10-30-18(2,19(22,23)17(32-10)20(24,25)26)16-13(21)6-4-11(29-16)8-15(31)14-7-5-12(27-3)9-28-14/h4-7,9,17H,8H2,1-2H3/t17-,18-/m1/s1. The summed E-state index contributed by atoms with van der Waals surface area (Å²) in [6, 6.07) is 4.39. The predicted octanol–water partition coefficient (Wildman–Crippen LogP) is 4.82. The van der Waals surface area contributed by atoms with E-state index in [0.29, 0.717) is 6.92 Å². The monoisotopic (exact) mass is 456 g/mol. The fraction of sp³-hybridized carbons (Fsp3) is 0.350. The highest BCUT2D eigenvalue weighted by Crippen LogP contribution is 2.50. The molecular weight excluding hydrogens is 442 g/mol. The average molecular weight is 456 g/mol. The Morgan fingerprint density at radius 2 is 1.94 bits per heavy atom. The topological polar surface area (TPSA) is 68.8 Å². The van der Waals surface area contributed by atoms with Crippen LogP contribution in [0.2, 0.25) is 0 Å². The maximum absolute atomic E-state index is 14.9.